The van der Waals surface area contributed by atoms with Crippen molar-refractivity contribution in [3.63, 3.8) is 0 Å². The molecule has 0 spiro atoms. The Hall–Kier alpha value is -0.820. The molecule has 1 aliphatic carbocycles. The summed E-state index contributed by atoms with van der Waals surface area (Å²) in [4.78, 5) is 0. The van der Waals surface area contributed by atoms with Gasteiger partial charge in [0.25, 0.3) is 0 Å². The molecule has 0 unspecified atom stereocenters. The highest BCUT2D eigenvalue weighted by molar-refractivity contribution is 5.27. The highest BCUT2D eigenvalue weighted by Gasteiger charge is 2.15. The SMILES string of the molecule is C1=CCC=CC(CCC2CNC2)=C1. The highest BCUT2D eigenvalue weighted by Crippen LogP contribution is 2.17. The summed E-state index contributed by atoms with van der Waals surface area (Å²) in [5.41, 5.74) is 1.49. The molecule has 0 saturated carbocycles. The number of hydrogen-bond donors (Lipinski definition) is 1. The summed E-state index contributed by atoms with van der Waals surface area (Å²) in [7, 11) is 0. The third-order valence-corrected chi connectivity index (χ3v) is 2.76. The molecule has 13 heavy (non-hydrogen) atoms. The summed E-state index contributed by atoms with van der Waals surface area (Å²) in [5, 5.41) is 3.31. The zero-order chi connectivity index (χ0) is 8.93. The molecular formula is C12H17N. The quantitative estimate of drug-likeness (QED) is 0.694. The summed E-state index contributed by atoms with van der Waals surface area (Å²) in [6.45, 7) is 2.46. The average Bonchev–Trinajstić information content (AvgIpc) is 2.30. The largest absolute Gasteiger partial charge is 0.316 e. The maximum atomic E-state index is 3.31. The molecular weight excluding hydrogens is 158 g/mol. The Kier molecular flexibility index (Phi) is 2.98. The van der Waals surface area contributed by atoms with Gasteiger partial charge in [0, 0.05) is 0 Å². The molecule has 0 bridgehead atoms. The Morgan fingerprint density at radius 3 is 3.00 bits per heavy atom. The monoisotopic (exact) mass is 175 g/mol. The van der Waals surface area contributed by atoms with E-state index in [4.69, 9.17) is 0 Å². The number of rotatable bonds is 3. The summed E-state index contributed by atoms with van der Waals surface area (Å²) < 4.78 is 0. The van der Waals surface area contributed by atoms with Crippen molar-refractivity contribution in [2.45, 2.75) is 19.3 Å². The summed E-state index contributed by atoms with van der Waals surface area (Å²) in [5.74, 6) is 0.932. The first-order chi connectivity index (χ1) is 6.45. The predicted octanol–water partition coefficient (Wildman–Crippen LogP) is 2.43. The number of hydrogen-bond acceptors (Lipinski definition) is 1. The van der Waals surface area contributed by atoms with Gasteiger partial charge in [-0.3, -0.25) is 0 Å². The van der Waals surface area contributed by atoms with Gasteiger partial charge in [0.1, 0.15) is 0 Å². The molecule has 1 heteroatoms. The van der Waals surface area contributed by atoms with Crippen molar-refractivity contribution in [3.8, 4) is 0 Å². The molecule has 1 fully saturated rings. The first-order valence-electron chi connectivity index (χ1n) is 5.18. The van der Waals surface area contributed by atoms with Gasteiger partial charge < -0.3 is 5.32 Å². The van der Waals surface area contributed by atoms with Crippen LogP contribution in [-0.4, -0.2) is 13.1 Å². The van der Waals surface area contributed by atoms with Crippen LogP contribution in [0.2, 0.25) is 0 Å². The van der Waals surface area contributed by atoms with Gasteiger partial charge in [-0.2, -0.15) is 0 Å². The van der Waals surface area contributed by atoms with Crippen LogP contribution in [0.15, 0.2) is 36.0 Å². The Morgan fingerprint density at radius 1 is 1.31 bits per heavy atom. The standard InChI is InChI=1S/C12H17N/c1-2-4-6-11(5-3-1)7-8-12-9-13-10-12/h1,3-6,12-13H,2,7-10H2. The second-order valence-electron chi connectivity index (χ2n) is 3.87. The summed E-state index contributed by atoms with van der Waals surface area (Å²) in [6.07, 6.45) is 14.8. The van der Waals surface area contributed by atoms with Crippen LogP contribution >= 0.6 is 0 Å². The first-order valence-corrected chi connectivity index (χ1v) is 5.18. The van der Waals surface area contributed by atoms with Crippen LogP contribution < -0.4 is 5.32 Å². The van der Waals surface area contributed by atoms with E-state index in [1.807, 2.05) is 0 Å². The molecule has 1 nitrogen and oxygen atoms in total. The maximum Gasteiger partial charge on any atom is -0.000814 e. The molecule has 2 rings (SSSR count). The third-order valence-electron chi connectivity index (χ3n) is 2.76. The fourth-order valence-corrected chi connectivity index (χ4v) is 1.71. The van der Waals surface area contributed by atoms with Crippen LogP contribution in [0, 0.1) is 5.92 Å². The van der Waals surface area contributed by atoms with Gasteiger partial charge in [-0.05, 0) is 43.8 Å². The Balaban J connectivity index is 1.78. The van der Waals surface area contributed by atoms with Crippen molar-refractivity contribution < 1.29 is 0 Å². The van der Waals surface area contributed by atoms with E-state index >= 15 is 0 Å². The molecule has 1 N–H and O–H groups in total. The van der Waals surface area contributed by atoms with Gasteiger partial charge in [-0.15, -0.1) is 0 Å². The van der Waals surface area contributed by atoms with Gasteiger partial charge >= 0.3 is 0 Å². The Labute approximate surface area is 80.2 Å². The molecule has 1 saturated heterocycles. The van der Waals surface area contributed by atoms with E-state index in [2.05, 4.69) is 35.7 Å². The molecule has 0 radical (unpaired) electrons. The van der Waals surface area contributed by atoms with Gasteiger partial charge in [-0.25, -0.2) is 0 Å². The smallest absolute Gasteiger partial charge is 0.000814 e. The first kappa shape index (κ1) is 8.76. The van der Waals surface area contributed by atoms with E-state index in [1.54, 1.807) is 0 Å². The van der Waals surface area contributed by atoms with Crippen LogP contribution in [0.5, 0.6) is 0 Å². The van der Waals surface area contributed by atoms with E-state index in [0.29, 0.717) is 0 Å². The van der Waals surface area contributed by atoms with Crippen LogP contribution in [-0.2, 0) is 0 Å². The second-order valence-corrected chi connectivity index (χ2v) is 3.87. The summed E-state index contributed by atoms with van der Waals surface area (Å²) >= 11 is 0. The fourth-order valence-electron chi connectivity index (χ4n) is 1.71. The lowest BCUT2D eigenvalue weighted by molar-refractivity contribution is 0.328. The molecule has 0 aromatic carbocycles. The molecule has 70 valence electrons. The van der Waals surface area contributed by atoms with E-state index in [1.165, 1.54) is 31.5 Å². The third kappa shape index (κ3) is 2.56. The van der Waals surface area contributed by atoms with Crippen molar-refractivity contribution in [2.24, 2.45) is 5.92 Å². The van der Waals surface area contributed by atoms with E-state index in [9.17, 15) is 0 Å². The average molecular weight is 175 g/mol. The van der Waals surface area contributed by atoms with Gasteiger partial charge in [0.15, 0.2) is 0 Å². The van der Waals surface area contributed by atoms with Gasteiger partial charge in [0.2, 0.25) is 0 Å². The Bertz CT molecular complexity index is 244. The van der Waals surface area contributed by atoms with E-state index in [0.717, 1.165) is 12.3 Å². The van der Waals surface area contributed by atoms with Crippen LogP contribution in [0.4, 0.5) is 0 Å². The zero-order valence-electron chi connectivity index (χ0n) is 8.00. The van der Waals surface area contributed by atoms with Crippen molar-refractivity contribution in [3.05, 3.63) is 36.0 Å². The predicted molar refractivity (Wildman–Crippen MR) is 56.6 cm³/mol. The van der Waals surface area contributed by atoms with Crippen molar-refractivity contribution in [1.82, 2.24) is 5.32 Å². The van der Waals surface area contributed by atoms with Crippen molar-refractivity contribution in [1.29, 1.82) is 0 Å². The lowest BCUT2D eigenvalue weighted by Crippen LogP contribution is -2.41. The normalized spacial score (nSPS) is 22.3. The van der Waals surface area contributed by atoms with E-state index in [-0.39, 0.29) is 0 Å². The molecule has 1 heterocycles. The van der Waals surface area contributed by atoms with Crippen LogP contribution in [0.1, 0.15) is 19.3 Å². The molecule has 0 aromatic heterocycles. The zero-order valence-corrected chi connectivity index (χ0v) is 8.00. The van der Waals surface area contributed by atoms with Gasteiger partial charge in [0.05, 0.1) is 0 Å². The minimum Gasteiger partial charge on any atom is -0.316 e. The minimum atomic E-state index is 0.932. The van der Waals surface area contributed by atoms with Crippen molar-refractivity contribution >= 4 is 0 Å². The highest BCUT2D eigenvalue weighted by atomic mass is 14.9. The fraction of sp³-hybridized carbons (Fsp3) is 0.500. The minimum absolute atomic E-state index is 0.932. The molecule has 0 amide bonds. The summed E-state index contributed by atoms with van der Waals surface area (Å²) in [6, 6.07) is 0. The number of allylic oxidation sites excluding steroid dienone is 6. The Morgan fingerprint density at radius 2 is 2.23 bits per heavy atom. The van der Waals surface area contributed by atoms with Gasteiger partial charge in [-0.1, -0.05) is 30.4 Å². The molecule has 0 atom stereocenters. The van der Waals surface area contributed by atoms with E-state index < -0.39 is 0 Å². The lowest BCUT2D eigenvalue weighted by atomic mass is 9.94. The molecule has 0 aromatic rings. The van der Waals surface area contributed by atoms with Crippen LogP contribution in [0.25, 0.3) is 0 Å². The second kappa shape index (κ2) is 4.43. The maximum absolute atomic E-state index is 3.31. The van der Waals surface area contributed by atoms with Crippen LogP contribution in [0.3, 0.4) is 0 Å². The molecule has 1 aliphatic heterocycles. The number of nitrogens with one attached hydrogen (secondary N) is 1. The molecule has 2 aliphatic rings. The van der Waals surface area contributed by atoms with Crippen molar-refractivity contribution in [2.75, 3.05) is 13.1 Å². The topological polar surface area (TPSA) is 12.0 Å². The lowest BCUT2D eigenvalue weighted by Gasteiger charge is -2.27.